The molecule has 4 rings (SSSR count). The number of nitrogens with one attached hydrogen (secondary N) is 1. The Bertz CT molecular complexity index is 923. The van der Waals surface area contributed by atoms with Crippen molar-refractivity contribution in [2.24, 2.45) is 0 Å². The van der Waals surface area contributed by atoms with E-state index in [0.29, 0.717) is 18.1 Å². The zero-order chi connectivity index (χ0) is 17.9. The van der Waals surface area contributed by atoms with Gasteiger partial charge in [0.15, 0.2) is 0 Å². The fourth-order valence-electron chi connectivity index (χ4n) is 3.27. The Kier molecular flexibility index (Phi) is 4.63. The van der Waals surface area contributed by atoms with Crippen molar-refractivity contribution in [3.05, 3.63) is 82.9 Å². The van der Waals surface area contributed by atoms with Crippen LogP contribution in [0.3, 0.4) is 0 Å². The number of carbonyl (C=O) groups is 1. The van der Waals surface area contributed by atoms with Crippen LogP contribution in [0.15, 0.2) is 61.2 Å². The van der Waals surface area contributed by atoms with Crippen LogP contribution in [-0.4, -0.2) is 22.1 Å². The Morgan fingerprint density at radius 2 is 2.08 bits per heavy atom. The molecule has 132 valence electrons. The van der Waals surface area contributed by atoms with Gasteiger partial charge in [0, 0.05) is 37.1 Å². The van der Waals surface area contributed by atoms with Gasteiger partial charge >= 0.3 is 6.03 Å². The summed E-state index contributed by atoms with van der Waals surface area (Å²) in [6, 6.07) is 13.8. The third kappa shape index (κ3) is 3.58. The van der Waals surface area contributed by atoms with E-state index in [1.807, 2.05) is 41.1 Å². The SMILES string of the molecule is O=C(NCc1cccc(Cn2ccnc2)c1)N1CCc2ccc(Cl)cc21. The number of nitrogens with zero attached hydrogens (tertiary/aromatic N) is 3. The highest BCUT2D eigenvalue weighted by Gasteiger charge is 2.24. The molecule has 2 amide bonds. The Morgan fingerprint density at radius 1 is 1.19 bits per heavy atom. The van der Waals surface area contributed by atoms with Gasteiger partial charge in [-0.1, -0.05) is 41.9 Å². The van der Waals surface area contributed by atoms with Crippen LogP contribution in [0, 0.1) is 0 Å². The Labute approximate surface area is 157 Å². The molecule has 1 aliphatic rings. The lowest BCUT2D eigenvalue weighted by Crippen LogP contribution is -2.38. The normalized spacial score (nSPS) is 12.9. The van der Waals surface area contributed by atoms with Gasteiger partial charge in [0.05, 0.1) is 12.0 Å². The van der Waals surface area contributed by atoms with Gasteiger partial charge in [-0.25, -0.2) is 9.78 Å². The molecule has 26 heavy (non-hydrogen) atoms. The highest BCUT2D eigenvalue weighted by Crippen LogP contribution is 2.30. The van der Waals surface area contributed by atoms with Gasteiger partial charge in [-0.05, 0) is 35.2 Å². The second-order valence-corrected chi connectivity index (χ2v) is 6.82. The predicted octanol–water partition coefficient (Wildman–Crippen LogP) is 3.86. The lowest BCUT2D eigenvalue weighted by Gasteiger charge is -2.18. The molecule has 0 unspecified atom stereocenters. The number of carbonyl (C=O) groups excluding carboxylic acids is 1. The number of hydrogen-bond acceptors (Lipinski definition) is 2. The molecule has 0 aliphatic carbocycles. The second-order valence-electron chi connectivity index (χ2n) is 6.39. The maximum absolute atomic E-state index is 12.6. The summed E-state index contributed by atoms with van der Waals surface area (Å²) < 4.78 is 2.02. The maximum atomic E-state index is 12.6. The number of fused-ring (bicyclic) bond motifs is 1. The molecule has 6 heteroatoms. The monoisotopic (exact) mass is 366 g/mol. The summed E-state index contributed by atoms with van der Waals surface area (Å²) in [7, 11) is 0. The molecule has 2 heterocycles. The minimum atomic E-state index is -0.0916. The Morgan fingerprint density at radius 3 is 2.92 bits per heavy atom. The fourth-order valence-corrected chi connectivity index (χ4v) is 3.43. The van der Waals surface area contributed by atoms with Gasteiger partial charge in [-0.15, -0.1) is 0 Å². The van der Waals surface area contributed by atoms with Crippen molar-refractivity contribution in [1.82, 2.24) is 14.9 Å². The summed E-state index contributed by atoms with van der Waals surface area (Å²) >= 11 is 6.08. The molecular weight excluding hydrogens is 348 g/mol. The summed E-state index contributed by atoms with van der Waals surface area (Å²) in [6.45, 7) is 1.94. The molecule has 0 spiro atoms. The topological polar surface area (TPSA) is 50.2 Å². The predicted molar refractivity (Wildman–Crippen MR) is 103 cm³/mol. The molecule has 2 aromatic carbocycles. The molecule has 5 nitrogen and oxygen atoms in total. The van der Waals surface area contributed by atoms with Crippen molar-refractivity contribution in [2.45, 2.75) is 19.5 Å². The molecule has 0 atom stereocenters. The summed E-state index contributed by atoms with van der Waals surface area (Å²) in [5.74, 6) is 0. The third-order valence-corrected chi connectivity index (χ3v) is 4.78. The van der Waals surface area contributed by atoms with Crippen molar-refractivity contribution >= 4 is 23.3 Å². The number of imidazole rings is 1. The van der Waals surface area contributed by atoms with Crippen molar-refractivity contribution in [2.75, 3.05) is 11.4 Å². The van der Waals surface area contributed by atoms with Crippen LogP contribution in [-0.2, 0) is 19.5 Å². The Hall–Kier alpha value is -2.79. The first-order valence-electron chi connectivity index (χ1n) is 8.56. The van der Waals surface area contributed by atoms with E-state index in [4.69, 9.17) is 11.6 Å². The van der Waals surface area contributed by atoms with Crippen molar-refractivity contribution < 1.29 is 4.79 Å². The number of urea groups is 1. The van der Waals surface area contributed by atoms with Crippen LogP contribution in [0.5, 0.6) is 0 Å². The number of halogens is 1. The standard InChI is InChI=1S/C20H19ClN4O/c21-18-5-4-17-6-8-25(19(17)11-18)20(26)23-12-15-2-1-3-16(10-15)13-24-9-7-22-14-24/h1-5,7,9-11,14H,6,8,12-13H2,(H,23,26). The van der Waals surface area contributed by atoms with E-state index in [1.165, 1.54) is 5.56 Å². The summed E-state index contributed by atoms with van der Waals surface area (Å²) in [6.07, 6.45) is 6.36. The van der Waals surface area contributed by atoms with Gasteiger partial charge in [-0.3, -0.25) is 4.90 Å². The first-order chi connectivity index (χ1) is 12.7. The molecule has 0 saturated heterocycles. The summed E-state index contributed by atoms with van der Waals surface area (Å²) in [5.41, 5.74) is 4.31. The lowest BCUT2D eigenvalue weighted by atomic mass is 10.1. The number of aromatic nitrogens is 2. The van der Waals surface area contributed by atoms with Crippen LogP contribution in [0.1, 0.15) is 16.7 Å². The second kappa shape index (κ2) is 7.22. The third-order valence-electron chi connectivity index (χ3n) is 4.55. The van der Waals surface area contributed by atoms with Crippen molar-refractivity contribution in [1.29, 1.82) is 0 Å². The zero-order valence-electron chi connectivity index (χ0n) is 14.2. The van der Waals surface area contributed by atoms with Gasteiger partial charge in [0.1, 0.15) is 0 Å². The average Bonchev–Trinajstić information content (AvgIpc) is 3.29. The molecule has 3 aromatic rings. The van der Waals surface area contributed by atoms with Crippen LogP contribution in [0.4, 0.5) is 10.5 Å². The smallest absolute Gasteiger partial charge is 0.322 e. The number of anilines is 1. The van der Waals surface area contributed by atoms with Crippen LogP contribution < -0.4 is 10.2 Å². The van der Waals surface area contributed by atoms with E-state index in [-0.39, 0.29) is 6.03 Å². The van der Waals surface area contributed by atoms with Crippen molar-refractivity contribution in [3.8, 4) is 0 Å². The highest BCUT2D eigenvalue weighted by atomic mass is 35.5. The molecule has 1 N–H and O–H groups in total. The van der Waals surface area contributed by atoms with E-state index in [0.717, 1.165) is 29.8 Å². The number of hydrogen-bond donors (Lipinski definition) is 1. The van der Waals surface area contributed by atoms with E-state index in [2.05, 4.69) is 22.4 Å². The number of rotatable bonds is 4. The maximum Gasteiger partial charge on any atom is 0.322 e. The molecule has 0 saturated carbocycles. The largest absolute Gasteiger partial charge is 0.334 e. The first-order valence-corrected chi connectivity index (χ1v) is 8.94. The van der Waals surface area contributed by atoms with Crippen molar-refractivity contribution in [3.63, 3.8) is 0 Å². The lowest BCUT2D eigenvalue weighted by molar-refractivity contribution is 0.246. The fraction of sp³-hybridized carbons (Fsp3) is 0.200. The van der Waals surface area contributed by atoms with Gasteiger partial charge < -0.3 is 9.88 Å². The minimum Gasteiger partial charge on any atom is -0.334 e. The van der Waals surface area contributed by atoms with Crippen LogP contribution in [0.2, 0.25) is 5.02 Å². The van der Waals surface area contributed by atoms with Gasteiger partial charge in [0.25, 0.3) is 0 Å². The van der Waals surface area contributed by atoms with E-state index in [1.54, 1.807) is 17.4 Å². The molecule has 1 aliphatic heterocycles. The molecule has 1 aromatic heterocycles. The van der Waals surface area contributed by atoms with Crippen LogP contribution in [0.25, 0.3) is 0 Å². The van der Waals surface area contributed by atoms with E-state index < -0.39 is 0 Å². The summed E-state index contributed by atoms with van der Waals surface area (Å²) in [4.78, 5) is 18.4. The van der Waals surface area contributed by atoms with E-state index >= 15 is 0 Å². The minimum absolute atomic E-state index is 0.0916. The molecule has 0 fully saturated rings. The zero-order valence-corrected chi connectivity index (χ0v) is 15.0. The van der Waals surface area contributed by atoms with E-state index in [9.17, 15) is 4.79 Å². The molecular formula is C20H19ClN4O. The first kappa shape index (κ1) is 16.7. The molecule has 0 radical (unpaired) electrons. The van der Waals surface area contributed by atoms with Gasteiger partial charge in [-0.2, -0.15) is 0 Å². The van der Waals surface area contributed by atoms with Crippen LogP contribution >= 0.6 is 11.6 Å². The number of amides is 2. The summed E-state index contributed by atoms with van der Waals surface area (Å²) in [5, 5.41) is 3.66. The Balaban J connectivity index is 1.40. The quantitative estimate of drug-likeness (QED) is 0.762. The number of benzene rings is 2. The highest BCUT2D eigenvalue weighted by molar-refractivity contribution is 6.31. The van der Waals surface area contributed by atoms with Gasteiger partial charge in [0.2, 0.25) is 0 Å². The average molecular weight is 367 g/mol. The molecule has 0 bridgehead atoms.